The highest BCUT2D eigenvalue weighted by Crippen LogP contribution is 2.32. The second-order valence-corrected chi connectivity index (χ2v) is 5.24. The van der Waals surface area contributed by atoms with Gasteiger partial charge in [-0.2, -0.15) is 0 Å². The van der Waals surface area contributed by atoms with E-state index in [0.29, 0.717) is 6.61 Å². The third kappa shape index (κ3) is 2.53. The summed E-state index contributed by atoms with van der Waals surface area (Å²) in [5.74, 6) is 0. The largest absolute Gasteiger partial charge is 0.398 e. The lowest BCUT2D eigenvalue weighted by molar-refractivity contribution is 0.0770. The monoisotopic (exact) mass is 334 g/mol. The van der Waals surface area contributed by atoms with Crippen LogP contribution in [-0.4, -0.2) is 19.8 Å². The number of hydrogen-bond acceptors (Lipinski definition) is 3. The molecule has 0 aliphatic carbocycles. The minimum atomic E-state index is 0.188. The van der Waals surface area contributed by atoms with Gasteiger partial charge in [-0.05, 0) is 33.6 Å². The van der Waals surface area contributed by atoms with Crippen molar-refractivity contribution in [2.75, 3.05) is 25.5 Å². The molecule has 1 aliphatic rings. The Bertz CT molecular complexity index is 365. The normalized spacial score (nSPS) is 21.6. The van der Waals surface area contributed by atoms with Gasteiger partial charge in [0.1, 0.15) is 0 Å². The molecule has 1 aromatic rings. The van der Waals surface area contributed by atoms with Gasteiger partial charge < -0.3 is 15.8 Å². The summed E-state index contributed by atoms with van der Waals surface area (Å²) < 4.78 is 7.36. The van der Waals surface area contributed by atoms with Gasteiger partial charge in [0.2, 0.25) is 0 Å². The van der Waals surface area contributed by atoms with Crippen molar-refractivity contribution in [3.8, 4) is 0 Å². The molecule has 5 heteroatoms. The topological polar surface area (TPSA) is 47.3 Å². The maximum absolute atomic E-state index is 6.02. The molecule has 1 saturated heterocycles. The molecule has 1 aromatic carbocycles. The first-order chi connectivity index (χ1) is 7.18. The smallest absolute Gasteiger partial charge is 0.0662 e. The van der Waals surface area contributed by atoms with Crippen molar-refractivity contribution in [2.45, 2.75) is 6.04 Å². The second kappa shape index (κ2) is 4.82. The molecule has 15 heavy (non-hydrogen) atoms. The molecule has 0 radical (unpaired) electrons. The average Bonchev–Trinajstić information content (AvgIpc) is 2.24. The van der Waals surface area contributed by atoms with Crippen LogP contribution in [0.15, 0.2) is 21.1 Å². The lowest BCUT2D eigenvalue weighted by Gasteiger charge is -2.25. The Morgan fingerprint density at radius 1 is 1.40 bits per heavy atom. The highest BCUT2D eigenvalue weighted by Gasteiger charge is 2.19. The SMILES string of the molecule is Nc1c(Br)cc(Br)cc1[C@H]1COCCN1. The van der Waals surface area contributed by atoms with Crippen LogP contribution in [0.2, 0.25) is 0 Å². The molecular formula is C10H12Br2N2O. The minimum absolute atomic E-state index is 0.188. The van der Waals surface area contributed by atoms with Crippen molar-refractivity contribution < 1.29 is 4.74 Å². The molecule has 0 amide bonds. The average molecular weight is 336 g/mol. The molecule has 0 aromatic heterocycles. The third-order valence-electron chi connectivity index (χ3n) is 2.42. The summed E-state index contributed by atoms with van der Waals surface area (Å²) in [7, 11) is 0. The molecule has 3 nitrogen and oxygen atoms in total. The van der Waals surface area contributed by atoms with Gasteiger partial charge in [0.05, 0.1) is 24.9 Å². The molecule has 3 N–H and O–H groups in total. The van der Waals surface area contributed by atoms with E-state index in [4.69, 9.17) is 10.5 Å². The first-order valence-corrected chi connectivity index (χ1v) is 6.32. The highest BCUT2D eigenvalue weighted by atomic mass is 79.9. The summed E-state index contributed by atoms with van der Waals surface area (Å²) in [5.41, 5.74) is 7.88. The van der Waals surface area contributed by atoms with Gasteiger partial charge in [-0.1, -0.05) is 15.9 Å². The lowest BCUT2D eigenvalue weighted by Crippen LogP contribution is -2.35. The predicted molar refractivity (Wildman–Crippen MR) is 67.8 cm³/mol. The summed E-state index contributed by atoms with van der Waals surface area (Å²) in [6, 6.07) is 4.17. The number of nitrogen functional groups attached to an aromatic ring is 1. The van der Waals surface area contributed by atoms with Crippen LogP contribution >= 0.6 is 31.9 Å². The molecular weight excluding hydrogens is 324 g/mol. The number of benzene rings is 1. The van der Waals surface area contributed by atoms with Gasteiger partial charge in [0.25, 0.3) is 0 Å². The minimum Gasteiger partial charge on any atom is -0.398 e. The summed E-state index contributed by atoms with van der Waals surface area (Å²) in [6.45, 7) is 2.31. The van der Waals surface area contributed by atoms with Crippen molar-refractivity contribution in [3.63, 3.8) is 0 Å². The number of anilines is 1. The molecule has 1 atom stereocenters. The highest BCUT2D eigenvalue weighted by molar-refractivity contribution is 9.11. The number of rotatable bonds is 1. The van der Waals surface area contributed by atoms with Crippen molar-refractivity contribution in [3.05, 3.63) is 26.6 Å². The first kappa shape index (κ1) is 11.4. The van der Waals surface area contributed by atoms with Gasteiger partial charge in [-0.3, -0.25) is 0 Å². The first-order valence-electron chi connectivity index (χ1n) is 4.74. The van der Waals surface area contributed by atoms with Crippen LogP contribution in [0, 0.1) is 0 Å². The van der Waals surface area contributed by atoms with E-state index in [0.717, 1.165) is 33.3 Å². The van der Waals surface area contributed by atoms with E-state index in [2.05, 4.69) is 37.2 Å². The van der Waals surface area contributed by atoms with Gasteiger partial charge >= 0.3 is 0 Å². The molecule has 0 saturated carbocycles. The summed E-state index contributed by atoms with van der Waals surface area (Å²) in [6.07, 6.45) is 0. The Morgan fingerprint density at radius 2 is 2.20 bits per heavy atom. The van der Waals surface area contributed by atoms with Crippen LogP contribution in [0.4, 0.5) is 5.69 Å². The van der Waals surface area contributed by atoms with E-state index in [1.54, 1.807) is 0 Å². The third-order valence-corrected chi connectivity index (χ3v) is 3.54. The Morgan fingerprint density at radius 3 is 2.87 bits per heavy atom. The standard InChI is InChI=1S/C10H12Br2N2O/c11-6-3-7(10(13)8(12)4-6)9-5-15-2-1-14-9/h3-4,9,14H,1-2,5,13H2/t9-/m1/s1. The Balaban J connectivity index is 2.33. The van der Waals surface area contributed by atoms with E-state index in [1.165, 1.54) is 0 Å². The zero-order valence-corrected chi connectivity index (χ0v) is 11.3. The van der Waals surface area contributed by atoms with Crippen LogP contribution < -0.4 is 11.1 Å². The molecule has 0 bridgehead atoms. The lowest BCUT2D eigenvalue weighted by atomic mass is 10.0. The van der Waals surface area contributed by atoms with Gasteiger partial charge in [0.15, 0.2) is 0 Å². The van der Waals surface area contributed by atoms with Crippen LogP contribution in [-0.2, 0) is 4.74 Å². The van der Waals surface area contributed by atoms with Gasteiger partial charge in [0, 0.05) is 15.5 Å². The maximum Gasteiger partial charge on any atom is 0.0662 e. The fourth-order valence-electron chi connectivity index (χ4n) is 1.66. The molecule has 0 spiro atoms. The van der Waals surface area contributed by atoms with E-state index in [-0.39, 0.29) is 6.04 Å². The Labute approximate surface area is 106 Å². The number of hydrogen-bond donors (Lipinski definition) is 2. The fraction of sp³-hybridized carbons (Fsp3) is 0.400. The van der Waals surface area contributed by atoms with Crippen LogP contribution in [0.1, 0.15) is 11.6 Å². The molecule has 1 heterocycles. The molecule has 1 aliphatic heterocycles. The van der Waals surface area contributed by atoms with E-state index in [9.17, 15) is 0 Å². The van der Waals surface area contributed by atoms with Crippen LogP contribution in [0.5, 0.6) is 0 Å². The number of nitrogens with two attached hydrogens (primary N) is 1. The van der Waals surface area contributed by atoms with Crippen LogP contribution in [0.25, 0.3) is 0 Å². The van der Waals surface area contributed by atoms with Crippen molar-refractivity contribution >= 4 is 37.5 Å². The number of ether oxygens (including phenoxy) is 1. The van der Waals surface area contributed by atoms with Crippen molar-refractivity contribution in [2.24, 2.45) is 0 Å². The Hall–Kier alpha value is -0.100. The summed E-state index contributed by atoms with van der Waals surface area (Å²) in [4.78, 5) is 0. The summed E-state index contributed by atoms with van der Waals surface area (Å²) in [5, 5.41) is 3.38. The Kier molecular flexibility index (Phi) is 3.66. The van der Waals surface area contributed by atoms with E-state index >= 15 is 0 Å². The zero-order chi connectivity index (χ0) is 10.8. The number of halogens is 2. The quantitative estimate of drug-likeness (QED) is 0.775. The summed E-state index contributed by atoms with van der Waals surface area (Å²) >= 11 is 6.90. The molecule has 2 rings (SSSR count). The van der Waals surface area contributed by atoms with Crippen molar-refractivity contribution in [1.29, 1.82) is 0 Å². The predicted octanol–water partition coefficient (Wildman–Crippen LogP) is 2.45. The number of nitrogens with one attached hydrogen (secondary N) is 1. The van der Waals surface area contributed by atoms with Gasteiger partial charge in [-0.15, -0.1) is 0 Å². The van der Waals surface area contributed by atoms with Crippen LogP contribution in [0.3, 0.4) is 0 Å². The molecule has 1 fully saturated rings. The molecule has 0 unspecified atom stereocenters. The van der Waals surface area contributed by atoms with Crippen molar-refractivity contribution in [1.82, 2.24) is 5.32 Å². The molecule has 82 valence electrons. The van der Waals surface area contributed by atoms with E-state index < -0.39 is 0 Å². The maximum atomic E-state index is 6.02. The van der Waals surface area contributed by atoms with Gasteiger partial charge in [-0.25, -0.2) is 0 Å². The van der Waals surface area contributed by atoms with E-state index in [1.807, 2.05) is 12.1 Å². The number of morpholine rings is 1. The zero-order valence-electron chi connectivity index (χ0n) is 8.09. The second-order valence-electron chi connectivity index (χ2n) is 3.47. The fourth-order valence-corrected chi connectivity index (χ4v) is 2.92.